The Hall–Kier alpha value is -0.530. The van der Waals surface area contributed by atoms with E-state index in [1.165, 1.54) is 161 Å². The van der Waals surface area contributed by atoms with Crippen molar-refractivity contribution in [3.8, 4) is 0 Å². The van der Waals surface area contributed by atoms with Crippen LogP contribution in [-0.4, -0.2) is 12.1 Å². The highest BCUT2D eigenvalue weighted by molar-refractivity contribution is 5.78. The van der Waals surface area contributed by atoms with Crippen molar-refractivity contribution in [2.45, 2.75) is 193 Å². The molecule has 0 aromatic rings. The third-order valence-electron chi connectivity index (χ3n) is 7.98. The molecule has 0 aliphatic carbocycles. The summed E-state index contributed by atoms with van der Waals surface area (Å²) in [5.74, 6) is 0.309. The number of esters is 1. The smallest absolute Gasteiger partial charge is 0.313 e. The first kappa shape index (κ1) is 31.5. The molecule has 34 heavy (non-hydrogen) atoms. The zero-order valence-corrected chi connectivity index (χ0v) is 23.6. The quantitative estimate of drug-likeness (QED) is 0.0866. The molecule has 0 amide bonds. The Bertz CT molecular complexity index is 433. The largest absolute Gasteiger partial charge is 0.461 e. The SMILES string of the molecule is CCCCCCCCCCCCCCCC1OC(=O)C1CCCCCCCCCCCCCC. The Morgan fingerprint density at radius 2 is 0.735 bits per heavy atom. The van der Waals surface area contributed by atoms with Crippen LogP contribution < -0.4 is 0 Å². The van der Waals surface area contributed by atoms with Gasteiger partial charge in [0.05, 0.1) is 5.92 Å². The Morgan fingerprint density at radius 3 is 1.06 bits per heavy atom. The molecule has 1 heterocycles. The normalized spacial score (nSPS) is 17.6. The minimum atomic E-state index is 0.0859. The van der Waals surface area contributed by atoms with E-state index in [9.17, 15) is 4.79 Å². The molecule has 2 atom stereocenters. The monoisotopic (exact) mass is 478 g/mol. The minimum absolute atomic E-state index is 0.0859. The van der Waals surface area contributed by atoms with E-state index in [1.54, 1.807) is 0 Å². The van der Waals surface area contributed by atoms with Gasteiger partial charge in [0.1, 0.15) is 6.10 Å². The molecule has 1 rings (SSSR count). The predicted octanol–water partition coefficient (Wildman–Crippen LogP) is 11.1. The molecule has 0 aromatic carbocycles. The highest BCUT2D eigenvalue weighted by Gasteiger charge is 2.40. The number of cyclic esters (lactones) is 1. The molecular formula is C32H62O2. The summed E-state index contributed by atoms with van der Waals surface area (Å²) < 4.78 is 5.48. The highest BCUT2D eigenvalue weighted by Crippen LogP contribution is 2.31. The van der Waals surface area contributed by atoms with Gasteiger partial charge in [0, 0.05) is 0 Å². The van der Waals surface area contributed by atoms with Crippen molar-refractivity contribution in [2.75, 3.05) is 0 Å². The van der Waals surface area contributed by atoms with Gasteiger partial charge in [-0.05, 0) is 19.3 Å². The summed E-state index contributed by atoms with van der Waals surface area (Å²) >= 11 is 0. The number of rotatable bonds is 27. The zero-order chi connectivity index (χ0) is 24.5. The van der Waals surface area contributed by atoms with Gasteiger partial charge in [-0.2, -0.15) is 0 Å². The van der Waals surface area contributed by atoms with Gasteiger partial charge in [0.15, 0.2) is 0 Å². The third-order valence-corrected chi connectivity index (χ3v) is 7.98. The molecule has 2 nitrogen and oxygen atoms in total. The van der Waals surface area contributed by atoms with Gasteiger partial charge in [-0.25, -0.2) is 0 Å². The molecule has 202 valence electrons. The average Bonchev–Trinajstić information content (AvgIpc) is 2.84. The summed E-state index contributed by atoms with van der Waals surface area (Å²) in [6, 6.07) is 0. The van der Waals surface area contributed by atoms with Gasteiger partial charge >= 0.3 is 5.97 Å². The first-order valence-electron chi connectivity index (χ1n) is 16.0. The van der Waals surface area contributed by atoms with E-state index in [1.807, 2.05) is 0 Å². The summed E-state index contributed by atoms with van der Waals surface area (Å²) in [6.45, 7) is 4.58. The lowest BCUT2D eigenvalue weighted by Gasteiger charge is -2.35. The molecule has 1 aliphatic heterocycles. The predicted molar refractivity (Wildman–Crippen MR) is 149 cm³/mol. The fourth-order valence-corrected chi connectivity index (χ4v) is 5.53. The first-order valence-corrected chi connectivity index (χ1v) is 16.0. The standard InChI is InChI=1S/C32H62O2/c1-3-5-7-9-11-13-15-17-19-21-23-25-27-29-31-30(32(33)34-31)28-26-24-22-20-18-16-14-12-10-8-6-4-2/h30-31H,3-29H2,1-2H3. The van der Waals surface area contributed by atoms with Crippen LogP contribution in [0.4, 0.5) is 0 Å². The van der Waals surface area contributed by atoms with Crippen LogP contribution in [0.25, 0.3) is 0 Å². The summed E-state index contributed by atoms with van der Waals surface area (Å²) in [5.41, 5.74) is 0. The Morgan fingerprint density at radius 1 is 0.441 bits per heavy atom. The number of ether oxygens (including phenoxy) is 1. The second-order valence-corrected chi connectivity index (χ2v) is 11.3. The molecule has 0 saturated carbocycles. The van der Waals surface area contributed by atoms with E-state index >= 15 is 0 Å². The van der Waals surface area contributed by atoms with Crippen molar-refractivity contribution in [3.63, 3.8) is 0 Å². The number of carbonyl (C=O) groups excluding carboxylic acids is 1. The van der Waals surface area contributed by atoms with Crippen molar-refractivity contribution in [3.05, 3.63) is 0 Å². The fraction of sp³-hybridized carbons (Fsp3) is 0.969. The maximum Gasteiger partial charge on any atom is 0.313 e. The van der Waals surface area contributed by atoms with E-state index in [4.69, 9.17) is 4.74 Å². The lowest BCUT2D eigenvalue weighted by molar-refractivity contribution is -0.186. The first-order chi connectivity index (χ1) is 16.8. The molecule has 0 N–H and O–H groups in total. The molecule has 2 heteroatoms. The van der Waals surface area contributed by atoms with Crippen LogP contribution in [-0.2, 0) is 9.53 Å². The van der Waals surface area contributed by atoms with Crippen LogP contribution in [0.3, 0.4) is 0 Å². The lowest BCUT2D eigenvalue weighted by atomic mass is 9.87. The van der Waals surface area contributed by atoms with Gasteiger partial charge in [-0.3, -0.25) is 4.79 Å². The van der Waals surface area contributed by atoms with E-state index < -0.39 is 0 Å². The molecule has 1 aliphatic rings. The van der Waals surface area contributed by atoms with Crippen molar-refractivity contribution < 1.29 is 9.53 Å². The Labute approximate surface area is 214 Å². The molecule has 1 saturated heterocycles. The van der Waals surface area contributed by atoms with Crippen molar-refractivity contribution >= 4 is 5.97 Å². The van der Waals surface area contributed by atoms with Crippen LogP contribution in [0.5, 0.6) is 0 Å². The molecule has 1 fully saturated rings. The fourth-order valence-electron chi connectivity index (χ4n) is 5.53. The van der Waals surface area contributed by atoms with E-state index in [2.05, 4.69) is 13.8 Å². The van der Waals surface area contributed by atoms with E-state index in [-0.39, 0.29) is 18.0 Å². The maximum atomic E-state index is 11.9. The van der Waals surface area contributed by atoms with Gasteiger partial charge in [-0.1, -0.05) is 168 Å². The summed E-state index contributed by atoms with van der Waals surface area (Å²) in [5, 5.41) is 0. The molecule has 0 bridgehead atoms. The number of unbranched alkanes of at least 4 members (excludes halogenated alkanes) is 23. The maximum absolute atomic E-state index is 11.9. The number of hydrogen-bond acceptors (Lipinski definition) is 2. The third kappa shape index (κ3) is 17.8. The van der Waals surface area contributed by atoms with Gasteiger partial charge in [-0.15, -0.1) is 0 Å². The zero-order valence-electron chi connectivity index (χ0n) is 23.6. The second-order valence-electron chi connectivity index (χ2n) is 11.3. The van der Waals surface area contributed by atoms with Crippen LogP contribution in [0.15, 0.2) is 0 Å². The van der Waals surface area contributed by atoms with Crippen LogP contribution in [0, 0.1) is 5.92 Å². The number of carbonyl (C=O) groups is 1. The van der Waals surface area contributed by atoms with Gasteiger partial charge in [0.25, 0.3) is 0 Å². The van der Waals surface area contributed by atoms with Gasteiger partial charge < -0.3 is 4.74 Å². The summed E-state index contributed by atoms with van der Waals surface area (Å²) in [4.78, 5) is 11.9. The molecule has 0 radical (unpaired) electrons. The minimum Gasteiger partial charge on any atom is -0.461 e. The molecule has 0 aromatic heterocycles. The van der Waals surface area contributed by atoms with Crippen LogP contribution in [0.1, 0.15) is 187 Å². The topological polar surface area (TPSA) is 26.3 Å². The average molecular weight is 479 g/mol. The summed E-state index contributed by atoms with van der Waals surface area (Å²) in [6.07, 6.45) is 37.1. The van der Waals surface area contributed by atoms with Crippen molar-refractivity contribution in [1.29, 1.82) is 0 Å². The molecule has 2 unspecified atom stereocenters. The van der Waals surface area contributed by atoms with Crippen LogP contribution >= 0.6 is 0 Å². The van der Waals surface area contributed by atoms with Crippen LogP contribution in [0.2, 0.25) is 0 Å². The van der Waals surface area contributed by atoms with E-state index in [0.717, 1.165) is 12.8 Å². The summed E-state index contributed by atoms with van der Waals surface area (Å²) in [7, 11) is 0. The van der Waals surface area contributed by atoms with Crippen molar-refractivity contribution in [2.24, 2.45) is 5.92 Å². The molecular weight excluding hydrogens is 416 g/mol. The highest BCUT2D eigenvalue weighted by atomic mass is 16.6. The van der Waals surface area contributed by atoms with E-state index in [0.29, 0.717) is 0 Å². The Balaban J connectivity index is 1.83. The molecule has 0 spiro atoms. The Kier molecular flexibility index (Phi) is 22.4. The second kappa shape index (κ2) is 24.2. The van der Waals surface area contributed by atoms with Gasteiger partial charge in [0.2, 0.25) is 0 Å². The number of hydrogen-bond donors (Lipinski definition) is 0. The van der Waals surface area contributed by atoms with Crippen molar-refractivity contribution in [1.82, 2.24) is 0 Å². The lowest BCUT2D eigenvalue weighted by Crippen LogP contribution is -2.44.